The van der Waals surface area contributed by atoms with Gasteiger partial charge >= 0.3 is 12.0 Å². The lowest BCUT2D eigenvalue weighted by molar-refractivity contribution is -0.288. The molecule has 3 aromatic carbocycles. The van der Waals surface area contributed by atoms with E-state index in [1.54, 1.807) is 6.92 Å². The van der Waals surface area contributed by atoms with E-state index in [1.165, 1.54) is 24.3 Å². The van der Waals surface area contributed by atoms with E-state index >= 15 is 4.48 Å². The molecule has 1 heterocycles. The lowest BCUT2D eigenvalue weighted by Gasteiger charge is -2.36. The van der Waals surface area contributed by atoms with Crippen LogP contribution in [0.2, 0.25) is 0 Å². The molecule has 0 aliphatic rings. The topological polar surface area (TPSA) is 75.8 Å². The van der Waals surface area contributed by atoms with Crippen molar-refractivity contribution in [2.45, 2.75) is 38.3 Å². The van der Waals surface area contributed by atoms with Crippen molar-refractivity contribution in [3.8, 4) is 17.2 Å². The minimum Gasteiger partial charge on any atom is -0.493 e. The molecule has 1 atom stereocenters. The Labute approximate surface area is 226 Å². The van der Waals surface area contributed by atoms with Crippen LogP contribution >= 0.6 is 0 Å². The van der Waals surface area contributed by atoms with Crippen molar-refractivity contribution in [1.82, 2.24) is 10.1 Å². The molecular weight excluding hydrogens is 535 g/mol. The number of oxazole rings is 1. The zero-order chi connectivity index (χ0) is 29.1. The lowest BCUT2D eigenvalue weighted by Crippen LogP contribution is -2.56. The maximum atomic E-state index is 15.1. The van der Waals surface area contributed by atoms with Gasteiger partial charge < -0.3 is 14.3 Å². The molecule has 4 rings (SSSR count). The van der Waals surface area contributed by atoms with Gasteiger partial charge in [0.15, 0.2) is 17.2 Å². The van der Waals surface area contributed by atoms with Crippen molar-refractivity contribution >= 4 is 5.97 Å². The Bertz CT molecular complexity index is 1480. The van der Waals surface area contributed by atoms with E-state index in [-0.39, 0.29) is 12.2 Å². The number of hydrogen-bond donors (Lipinski definition) is 1. The number of hydrogen-bond acceptors (Lipinski definition) is 5. The Balaban J connectivity index is 1.42. The van der Waals surface area contributed by atoms with Crippen LogP contribution in [-0.2, 0) is 23.7 Å². The molecule has 0 saturated heterocycles. The Kier molecular flexibility index (Phi) is 8.24. The molecule has 0 saturated carbocycles. The van der Waals surface area contributed by atoms with Crippen molar-refractivity contribution in [3.05, 3.63) is 107 Å². The standard InChI is InChI=1S/C29H25F5N2O4/c1-18-24(35-26(40-18)20-7-4-3-5-8-20)15-16-39-21-13-11-19(12-14-21)17-28(2,27(37)38)36(34)29(32,33)22-9-6-10-23(30)25(22)31/h3-14H,15-17H2,1-2H3,(H,37,38)/t28-/m0/s1. The Morgan fingerprint density at radius 3 is 2.35 bits per heavy atom. The maximum Gasteiger partial charge on any atom is 0.360 e. The van der Waals surface area contributed by atoms with Gasteiger partial charge in [-0.3, -0.25) is 4.79 Å². The molecule has 0 aliphatic heterocycles. The average Bonchev–Trinajstić information content (AvgIpc) is 3.31. The second-order valence-corrected chi connectivity index (χ2v) is 9.31. The van der Waals surface area contributed by atoms with Crippen molar-refractivity contribution in [3.63, 3.8) is 0 Å². The molecule has 0 bridgehead atoms. The molecular formula is C29H25F5N2O4. The van der Waals surface area contributed by atoms with Crippen molar-refractivity contribution < 1.29 is 41.1 Å². The number of carboxylic acid groups (broad SMARTS) is 1. The largest absolute Gasteiger partial charge is 0.493 e. The van der Waals surface area contributed by atoms with E-state index in [2.05, 4.69) is 4.98 Å². The Hall–Kier alpha value is -4.25. The van der Waals surface area contributed by atoms with Crippen LogP contribution in [0.25, 0.3) is 11.5 Å². The predicted molar refractivity (Wildman–Crippen MR) is 135 cm³/mol. The van der Waals surface area contributed by atoms with Gasteiger partial charge in [0.25, 0.3) is 0 Å². The summed E-state index contributed by atoms with van der Waals surface area (Å²) < 4.78 is 83.8. The normalized spacial score (nSPS) is 13.3. The lowest BCUT2D eigenvalue weighted by atomic mass is 9.91. The molecule has 6 nitrogen and oxygen atoms in total. The van der Waals surface area contributed by atoms with Gasteiger partial charge in [0.2, 0.25) is 5.89 Å². The minimum absolute atomic E-state index is 0.190. The summed E-state index contributed by atoms with van der Waals surface area (Å²) in [6.07, 6.45) is -0.282. The molecule has 40 heavy (non-hydrogen) atoms. The van der Waals surface area contributed by atoms with Crippen LogP contribution in [0.1, 0.15) is 29.5 Å². The summed E-state index contributed by atoms with van der Waals surface area (Å²) in [5, 5.41) is 8.40. The van der Waals surface area contributed by atoms with E-state index in [4.69, 9.17) is 9.15 Å². The van der Waals surface area contributed by atoms with E-state index in [9.17, 15) is 27.5 Å². The van der Waals surface area contributed by atoms with Gasteiger partial charge in [0.05, 0.1) is 17.9 Å². The molecule has 0 radical (unpaired) electrons. The number of rotatable bonds is 11. The van der Waals surface area contributed by atoms with E-state index in [1.807, 2.05) is 30.3 Å². The van der Waals surface area contributed by atoms with Gasteiger partial charge in [-0.2, -0.15) is 8.78 Å². The molecule has 4 aromatic rings. The first-order valence-electron chi connectivity index (χ1n) is 12.2. The van der Waals surface area contributed by atoms with Crippen LogP contribution < -0.4 is 4.74 Å². The van der Waals surface area contributed by atoms with Crippen molar-refractivity contribution in [2.75, 3.05) is 6.61 Å². The molecule has 1 N–H and O–H groups in total. The third-order valence-electron chi connectivity index (χ3n) is 6.41. The first-order valence-corrected chi connectivity index (χ1v) is 12.2. The average molecular weight is 561 g/mol. The smallest absolute Gasteiger partial charge is 0.360 e. The van der Waals surface area contributed by atoms with Gasteiger partial charge in [-0.05, 0) is 55.8 Å². The number of aliphatic carboxylic acids is 1. The highest BCUT2D eigenvalue weighted by Crippen LogP contribution is 2.41. The van der Waals surface area contributed by atoms with E-state index < -0.39 is 46.3 Å². The first kappa shape index (κ1) is 28.8. The van der Waals surface area contributed by atoms with Crippen molar-refractivity contribution in [2.24, 2.45) is 0 Å². The summed E-state index contributed by atoms with van der Waals surface area (Å²) in [4.78, 5) is 16.4. The molecule has 11 heteroatoms. The number of carbonyl (C=O) groups is 1. The monoisotopic (exact) mass is 560 g/mol. The first-order chi connectivity index (χ1) is 18.9. The summed E-state index contributed by atoms with van der Waals surface area (Å²) in [6, 6.07) is 12.2. The summed E-state index contributed by atoms with van der Waals surface area (Å²) in [5.74, 6) is -3.97. The van der Waals surface area contributed by atoms with Gasteiger partial charge in [-0.25, -0.2) is 13.8 Å². The van der Waals surface area contributed by atoms with Crippen LogP contribution in [0.4, 0.5) is 22.0 Å². The molecule has 210 valence electrons. The van der Waals surface area contributed by atoms with Gasteiger partial charge in [0.1, 0.15) is 11.5 Å². The molecule has 1 aromatic heterocycles. The summed E-state index contributed by atoms with van der Waals surface area (Å²) in [7, 11) is 0. The Morgan fingerprint density at radius 1 is 1.02 bits per heavy atom. The summed E-state index contributed by atoms with van der Waals surface area (Å²) in [5.41, 5.74) is -2.70. The van der Waals surface area contributed by atoms with E-state index in [0.29, 0.717) is 41.6 Å². The third kappa shape index (κ3) is 5.84. The predicted octanol–water partition coefficient (Wildman–Crippen LogP) is 6.87. The fraction of sp³-hybridized carbons (Fsp3) is 0.241. The number of halogens is 5. The van der Waals surface area contributed by atoms with Crippen LogP contribution in [0, 0.1) is 18.6 Å². The zero-order valence-corrected chi connectivity index (χ0v) is 21.5. The highest BCUT2D eigenvalue weighted by molar-refractivity contribution is 5.78. The number of aromatic nitrogens is 1. The number of carboxylic acids is 1. The van der Waals surface area contributed by atoms with Crippen LogP contribution in [-0.4, -0.2) is 33.3 Å². The number of aryl methyl sites for hydroxylation is 1. The second-order valence-electron chi connectivity index (χ2n) is 9.31. The summed E-state index contributed by atoms with van der Waals surface area (Å²) in [6.45, 7) is 2.76. The molecule has 0 spiro atoms. The Morgan fingerprint density at radius 2 is 1.70 bits per heavy atom. The van der Waals surface area contributed by atoms with Crippen LogP contribution in [0.15, 0.2) is 77.2 Å². The number of benzene rings is 3. The minimum atomic E-state index is -4.78. The fourth-order valence-electron chi connectivity index (χ4n) is 4.11. The highest BCUT2D eigenvalue weighted by atomic mass is 19.3. The van der Waals surface area contributed by atoms with E-state index in [0.717, 1.165) is 18.6 Å². The van der Waals surface area contributed by atoms with Gasteiger partial charge in [0, 0.05) is 18.4 Å². The van der Waals surface area contributed by atoms with Crippen molar-refractivity contribution in [1.29, 1.82) is 0 Å². The number of nitrogens with zero attached hydrogens (tertiary/aromatic N) is 2. The molecule has 0 amide bonds. The molecule has 0 unspecified atom stereocenters. The SMILES string of the molecule is Cc1oc(-c2ccccc2)nc1CCOc1ccc(C[C@@](C)(C(=O)O)N(F)C(F)(F)c2cccc(F)c2F)cc1. The molecule has 0 fully saturated rings. The fourth-order valence-corrected chi connectivity index (χ4v) is 4.11. The van der Waals surface area contributed by atoms with Gasteiger partial charge in [-0.1, -0.05) is 41.5 Å². The quantitative estimate of drug-likeness (QED) is 0.123. The second kappa shape index (κ2) is 11.5. The zero-order valence-electron chi connectivity index (χ0n) is 21.5. The summed E-state index contributed by atoms with van der Waals surface area (Å²) >= 11 is 0. The van der Waals surface area contributed by atoms with Gasteiger partial charge in [-0.15, -0.1) is 4.48 Å². The molecule has 0 aliphatic carbocycles. The number of alkyl halides is 2. The van der Waals surface area contributed by atoms with Crippen LogP contribution in [0.5, 0.6) is 5.75 Å². The highest BCUT2D eigenvalue weighted by Gasteiger charge is 2.55. The maximum absolute atomic E-state index is 15.1. The number of ether oxygens (including phenoxy) is 1. The third-order valence-corrected chi connectivity index (χ3v) is 6.41. The van der Waals surface area contributed by atoms with Crippen LogP contribution in [0.3, 0.4) is 0 Å².